The van der Waals surface area contributed by atoms with E-state index >= 15 is 0 Å². The maximum Gasteiger partial charge on any atom is 0.223 e. The zero-order valence-corrected chi connectivity index (χ0v) is 16.1. The topological polar surface area (TPSA) is 49.4 Å². The van der Waals surface area contributed by atoms with Gasteiger partial charge in [0, 0.05) is 25.9 Å². The third-order valence-corrected chi connectivity index (χ3v) is 5.15. The Bertz CT molecular complexity index is 604. The number of hydrogen-bond acceptors (Lipinski definition) is 2. The molecule has 0 spiro atoms. The molecule has 0 aromatic heterocycles. The second kappa shape index (κ2) is 9.02. The van der Waals surface area contributed by atoms with Crippen LogP contribution in [-0.4, -0.2) is 24.9 Å². The van der Waals surface area contributed by atoms with Crippen molar-refractivity contribution in [2.24, 2.45) is 5.92 Å². The maximum atomic E-state index is 12.3. The zero-order chi connectivity index (χ0) is 18.4. The average Bonchev–Trinajstić information content (AvgIpc) is 2.59. The summed E-state index contributed by atoms with van der Waals surface area (Å²) in [6.07, 6.45) is 5.54. The third-order valence-electron chi connectivity index (χ3n) is 5.15. The van der Waals surface area contributed by atoms with E-state index in [4.69, 9.17) is 0 Å². The van der Waals surface area contributed by atoms with E-state index in [2.05, 4.69) is 25.2 Å². The van der Waals surface area contributed by atoms with Crippen LogP contribution in [0.4, 0.5) is 5.69 Å². The first-order valence-corrected chi connectivity index (χ1v) is 9.57. The molecule has 2 amide bonds. The molecule has 1 aromatic carbocycles. The van der Waals surface area contributed by atoms with Crippen molar-refractivity contribution in [3.63, 3.8) is 0 Å². The summed E-state index contributed by atoms with van der Waals surface area (Å²) in [5, 5.41) is 3.04. The molecule has 0 aliphatic heterocycles. The van der Waals surface area contributed by atoms with Gasteiger partial charge in [0.05, 0.1) is 5.69 Å². The summed E-state index contributed by atoms with van der Waals surface area (Å²) in [5.74, 6) is 0.665. The molecule has 0 saturated heterocycles. The highest BCUT2D eigenvalue weighted by atomic mass is 16.2. The van der Waals surface area contributed by atoms with Crippen molar-refractivity contribution in [2.75, 3.05) is 18.0 Å². The number of carbonyl (C=O) groups is 2. The van der Waals surface area contributed by atoms with E-state index in [-0.39, 0.29) is 17.7 Å². The minimum absolute atomic E-state index is 0.0168. The lowest BCUT2D eigenvalue weighted by atomic mass is 9.89. The van der Waals surface area contributed by atoms with Gasteiger partial charge in [0.15, 0.2) is 0 Å². The van der Waals surface area contributed by atoms with Crippen molar-refractivity contribution in [3.8, 4) is 0 Å². The second-order valence-electron chi connectivity index (χ2n) is 7.46. The van der Waals surface area contributed by atoms with Crippen molar-refractivity contribution in [2.45, 2.75) is 65.7 Å². The van der Waals surface area contributed by atoms with Gasteiger partial charge in [0.2, 0.25) is 11.8 Å². The highest BCUT2D eigenvalue weighted by Crippen LogP contribution is 2.31. The van der Waals surface area contributed by atoms with Crippen LogP contribution in [0.15, 0.2) is 18.2 Å². The van der Waals surface area contributed by atoms with E-state index in [1.807, 2.05) is 24.0 Å². The summed E-state index contributed by atoms with van der Waals surface area (Å²) in [4.78, 5) is 26.4. The van der Waals surface area contributed by atoms with Crippen LogP contribution >= 0.6 is 0 Å². The summed E-state index contributed by atoms with van der Waals surface area (Å²) in [7, 11) is 0. The van der Waals surface area contributed by atoms with E-state index in [0.29, 0.717) is 19.0 Å². The molecule has 4 heteroatoms. The molecule has 2 rings (SSSR count). The summed E-state index contributed by atoms with van der Waals surface area (Å²) < 4.78 is 0. The van der Waals surface area contributed by atoms with Gasteiger partial charge in [0.25, 0.3) is 0 Å². The highest BCUT2D eigenvalue weighted by Gasteiger charge is 2.22. The first-order valence-electron chi connectivity index (χ1n) is 9.57. The van der Waals surface area contributed by atoms with E-state index in [9.17, 15) is 9.59 Å². The average molecular weight is 344 g/mol. The predicted molar refractivity (Wildman–Crippen MR) is 103 cm³/mol. The molecular weight excluding hydrogens is 312 g/mol. The quantitative estimate of drug-likeness (QED) is 0.842. The van der Waals surface area contributed by atoms with Crippen LogP contribution in [0, 0.1) is 12.8 Å². The summed E-state index contributed by atoms with van der Waals surface area (Å²) >= 11 is 0. The van der Waals surface area contributed by atoms with Gasteiger partial charge in [-0.05, 0) is 36.8 Å². The largest absolute Gasteiger partial charge is 0.354 e. The van der Waals surface area contributed by atoms with Crippen molar-refractivity contribution < 1.29 is 9.59 Å². The van der Waals surface area contributed by atoms with Gasteiger partial charge in [-0.15, -0.1) is 0 Å². The standard InChI is InChI=1S/C21H32N2O2/c1-15(2)19-12-8-9-16(3)20(19)23(17(4)24)14-13-22-21(25)18-10-6-5-7-11-18/h8-9,12,15,18H,5-7,10-11,13-14H2,1-4H3,(H,22,25). The number of nitrogens with zero attached hydrogens (tertiary/aromatic N) is 1. The first kappa shape index (κ1) is 19.5. The van der Waals surface area contributed by atoms with E-state index in [0.717, 1.165) is 36.9 Å². The lowest BCUT2D eigenvalue weighted by molar-refractivity contribution is -0.126. The zero-order valence-electron chi connectivity index (χ0n) is 16.1. The molecule has 0 unspecified atom stereocenters. The molecule has 0 bridgehead atoms. The fourth-order valence-corrected chi connectivity index (χ4v) is 3.74. The van der Waals surface area contributed by atoms with Gasteiger partial charge >= 0.3 is 0 Å². The number of amides is 2. The van der Waals surface area contributed by atoms with E-state index < -0.39 is 0 Å². The Labute approximate surface area is 152 Å². The molecule has 0 atom stereocenters. The van der Waals surface area contributed by atoms with Crippen LogP contribution in [0.1, 0.15) is 69.9 Å². The predicted octanol–water partition coefficient (Wildman–Crippen LogP) is 4.17. The number of carbonyl (C=O) groups excluding carboxylic acids is 2. The number of nitrogens with one attached hydrogen (secondary N) is 1. The van der Waals surface area contributed by atoms with Crippen molar-refractivity contribution in [3.05, 3.63) is 29.3 Å². The van der Waals surface area contributed by atoms with Crippen LogP contribution in [0.2, 0.25) is 0 Å². The Balaban J connectivity index is 2.05. The molecule has 1 N–H and O–H groups in total. The molecular formula is C21H32N2O2. The Kier molecular flexibility index (Phi) is 7.03. The number of rotatable bonds is 6. The summed E-state index contributed by atoms with van der Waals surface area (Å²) in [5.41, 5.74) is 3.27. The smallest absolute Gasteiger partial charge is 0.223 e. The minimum Gasteiger partial charge on any atom is -0.354 e. The summed E-state index contributed by atoms with van der Waals surface area (Å²) in [6, 6.07) is 6.17. The molecule has 0 radical (unpaired) electrons. The van der Waals surface area contributed by atoms with Gasteiger partial charge < -0.3 is 10.2 Å². The molecule has 138 valence electrons. The lowest BCUT2D eigenvalue weighted by Crippen LogP contribution is -2.40. The monoisotopic (exact) mass is 344 g/mol. The Morgan fingerprint density at radius 3 is 2.48 bits per heavy atom. The van der Waals surface area contributed by atoms with Gasteiger partial charge in [0.1, 0.15) is 0 Å². The number of anilines is 1. The molecule has 1 saturated carbocycles. The van der Waals surface area contributed by atoms with Gasteiger partial charge in [-0.2, -0.15) is 0 Å². The molecule has 1 aromatic rings. The van der Waals surface area contributed by atoms with Crippen LogP contribution in [0.25, 0.3) is 0 Å². The maximum absolute atomic E-state index is 12.3. The first-order chi connectivity index (χ1) is 11.9. The normalized spacial score (nSPS) is 15.2. The second-order valence-corrected chi connectivity index (χ2v) is 7.46. The fourth-order valence-electron chi connectivity index (χ4n) is 3.74. The Morgan fingerprint density at radius 2 is 1.88 bits per heavy atom. The Morgan fingerprint density at radius 1 is 1.20 bits per heavy atom. The number of para-hydroxylation sites is 1. The number of aryl methyl sites for hydroxylation is 1. The number of hydrogen-bond donors (Lipinski definition) is 1. The Hall–Kier alpha value is -1.84. The summed E-state index contributed by atoms with van der Waals surface area (Å²) in [6.45, 7) is 8.93. The molecule has 1 fully saturated rings. The lowest BCUT2D eigenvalue weighted by Gasteiger charge is -2.28. The van der Waals surface area contributed by atoms with Crippen LogP contribution in [0.3, 0.4) is 0 Å². The van der Waals surface area contributed by atoms with Crippen LogP contribution in [0.5, 0.6) is 0 Å². The van der Waals surface area contributed by atoms with E-state index in [1.165, 1.54) is 12.0 Å². The van der Waals surface area contributed by atoms with Gasteiger partial charge in [-0.1, -0.05) is 51.3 Å². The van der Waals surface area contributed by atoms with Crippen molar-refractivity contribution in [1.82, 2.24) is 5.32 Å². The highest BCUT2D eigenvalue weighted by molar-refractivity contribution is 5.93. The third kappa shape index (κ3) is 5.07. The van der Waals surface area contributed by atoms with Crippen LogP contribution < -0.4 is 10.2 Å². The molecule has 1 aliphatic rings. The van der Waals surface area contributed by atoms with Gasteiger partial charge in [-0.25, -0.2) is 0 Å². The van der Waals surface area contributed by atoms with E-state index in [1.54, 1.807) is 6.92 Å². The number of benzene rings is 1. The molecule has 1 aliphatic carbocycles. The van der Waals surface area contributed by atoms with Gasteiger partial charge in [-0.3, -0.25) is 9.59 Å². The van der Waals surface area contributed by atoms with Crippen molar-refractivity contribution in [1.29, 1.82) is 0 Å². The van der Waals surface area contributed by atoms with Crippen molar-refractivity contribution >= 4 is 17.5 Å². The fraction of sp³-hybridized carbons (Fsp3) is 0.619. The minimum atomic E-state index is 0.0168. The van der Waals surface area contributed by atoms with Crippen LogP contribution in [-0.2, 0) is 9.59 Å². The molecule has 4 nitrogen and oxygen atoms in total. The SMILES string of the molecule is CC(=O)N(CCNC(=O)C1CCCCC1)c1c(C)cccc1C(C)C. The molecule has 0 heterocycles. The molecule has 25 heavy (non-hydrogen) atoms.